The van der Waals surface area contributed by atoms with E-state index in [4.69, 9.17) is 10.5 Å². The van der Waals surface area contributed by atoms with Gasteiger partial charge in [-0.1, -0.05) is 43.7 Å². The number of hydrogen-bond acceptors (Lipinski definition) is 2. The molecule has 1 aliphatic rings. The smallest absolute Gasteiger partial charge is 0.119 e. The highest BCUT2D eigenvalue weighted by Gasteiger charge is 2.26. The van der Waals surface area contributed by atoms with Crippen molar-refractivity contribution in [3.8, 4) is 5.75 Å². The Morgan fingerprint density at radius 2 is 2.00 bits per heavy atom. The Labute approximate surface area is 116 Å². The summed E-state index contributed by atoms with van der Waals surface area (Å²) >= 11 is 0. The number of allylic oxidation sites excluding steroid dienone is 1. The van der Waals surface area contributed by atoms with Crippen LogP contribution in [0.5, 0.6) is 5.75 Å². The van der Waals surface area contributed by atoms with E-state index >= 15 is 0 Å². The molecule has 0 heterocycles. The van der Waals surface area contributed by atoms with Crippen molar-refractivity contribution >= 4 is 0 Å². The van der Waals surface area contributed by atoms with Crippen molar-refractivity contribution in [3.05, 3.63) is 42.0 Å². The van der Waals surface area contributed by atoms with Gasteiger partial charge in [-0.3, -0.25) is 0 Å². The second-order valence-electron chi connectivity index (χ2n) is 6.30. The maximum Gasteiger partial charge on any atom is 0.119 e. The molecule has 1 aromatic carbocycles. The van der Waals surface area contributed by atoms with Crippen LogP contribution >= 0.6 is 0 Å². The Hall–Kier alpha value is -1.28. The third-order valence-electron chi connectivity index (χ3n) is 3.60. The highest BCUT2D eigenvalue weighted by atomic mass is 16.5. The molecule has 2 rings (SSSR count). The summed E-state index contributed by atoms with van der Waals surface area (Å²) in [6.07, 6.45) is 6.68. The molecular formula is C17H25NO. The largest absolute Gasteiger partial charge is 0.494 e. The van der Waals surface area contributed by atoms with Crippen molar-refractivity contribution in [2.75, 3.05) is 6.61 Å². The average molecular weight is 259 g/mol. The molecule has 19 heavy (non-hydrogen) atoms. The molecule has 0 radical (unpaired) electrons. The summed E-state index contributed by atoms with van der Waals surface area (Å²) in [6.45, 7) is 5.39. The lowest BCUT2D eigenvalue weighted by Crippen LogP contribution is -2.31. The Kier molecular flexibility index (Phi) is 4.65. The zero-order chi connectivity index (χ0) is 13.7. The van der Waals surface area contributed by atoms with E-state index < -0.39 is 0 Å². The summed E-state index contributed by atoms with van der Waals surface area (Å²) in [4.78, 5) is 0. The van der Waals surface area contributed by atoms with Crippen LogP contribution in [0.25, 0.3) is 0 Å². The quantitative estimate of drug-likeness (QED) is 0.642. The zero-order valence-corrected chi connectivity index (χ0v) is 12.1. The van der Waals surface area contributed by atoms with Gasteiger partial charge in [-0.2, -0.15) is 0 Å². The fourth-order valence-electron chi connectivity index (χ4n) is 2.92. The van der Waals surface area contributed by atoms with Gasteiger partial charge in [0.2, 0.25) is 0 Å². The molecular weight excluding hydrogens is 234 g/mol. The van der Waals surface area contributed by atoms with E-state index in [1.165, 1.54) is 12.0 Å². The van der Waals surface area contributed by atoms with Gasteiger partial charge in [-0.05, 0) is 43.2 Å². The molecule has 0 fully saturated rings. The van der Waals surface area contributed by atoms with Crippen LogP contribution in [0, 0.1) is 5.41 Å². The van der Waals surface area contributed by atoms with Gasteiger partial charge < -0.3 is 10.5 Å². The Morgan fingerprint density at radius 3 is 2.68 bits per heavy atom. The van der Waals surface area contributed by atoms with Crippen molar-refractivity contribution in [2.45, 2.75) is 45.6 Å². The average Bonchev–Trinajstić information content (AvgIpc) is 2.33. The number of benzene rings is 1. The van der Waals surface area contributed by atoms with Crippen LogP contribution in [0.3, 0.4) is 0 Å². The summed E-state index contributed by atoms with van der Waals surface area (Å²) in [6, 6.07) is 10.2. The lowest BCUT2D eigenvalue weighted by Gasteiger charge is -2.33. The minimum absolute atomic E-state index is 0.230. The molecule has 2 heteroatoms. The van der Waals surface area contributed by atoms with Gasteiger partial charge in [0.1, 0.15) is 5.75 Å². The third-order valence-corrected chi connectivity index (χ3v) is 3.60. The summed E-state index contributed by atoms with van der Waals surface area (Å²) in [5, 5.41) is 0. The number of nitrogens with two attached hydrogens (primary N) is 1. The van der Waals surface area contributed by atoms with E-state index in [2.05, 4.69) is 19.9 Å². The lowest BCUT2D eigenvalue weighted by atomic mass is 9.74. The first kappa shape index (κ1) is 14.1. The summed E-state index contributed by atoms with van der Waals surface area (Å²) in [5.41, 5.74) is 7.94. The second kappa shape index (κ2) is 6.25. The highest BCUT2D eigenvalue weighted by Crippen LogP contribution is 2.36. The van der Waals surface area contributed by atoms with Gasteiger partial charge >= 0.3 is 0 Å². The van der Waals surface area contributed by atoms with Gasteiger partial charge in [0.05, 0.1) is 6.61 Å². The first-order valence-electron chi connectivity index (χ1n) is 7.18. The molecule has 2 N–H and O–H groups in total. The standard InChI is InChI=1S/C17H25NO/c1-17(2)12-14(11-15(18)13-17)7-6-10-19-16-8-4-3-5-9-16/h3-5,8-9,11,15H,6-7,10,12-13,18H2,1-2H3. The van der Waals surface area contributed by atoms with E-state index in [9.17, 15) is 0 Å². The molecule has 1 aromatic rings. The zero-order valence-electron chi connectivity index (χ0n) is 12.1. The second-order valence-corrected chi connectivity index (χ2v) is 6.30. The van der Waals surface area contributed by atoms with Gasteiger partial charge in [0, 0.05) is 6.04 Å². The Morgan fingerprint density at radius 1 is 1.26 bits per heavy atom. The molecule has 0 aromatic heterocycles. The maximum atomic E-state index is 6.09. The number of rotatable bonds is 5. The topological polar surface area (TPSA) is 35.2 Å². The summed E-state index contributed by atoms with van der Waals surface area (Å²) in [7, 11) is 0. The predicted octanol–water partition coefficient (Wildman–Crippen LogP) is 3.92. The van der Waals surface area contributed by atoms with E-state index in [0.717, 1.165) is 31.6 Å². The first-order valence-corrected chi connectivity index (χ1v) is 7.18. The maximum absolute atomic E-state index is 6.09. The Balaban J connectivity index is 1.74. The predicted molar refractivity (Wildman–Crippen MR) is 80.2 cm³/mol. The monoisotopic (exact) mass is 259 g/mol. The van der Waals surface area contributed by atoms with E-state index in [1.807, 2.05) is 30.3 Å². The molecule has 1 aliphatic carbocycles. The van der Waals surface area contributed by atoms with E-state index in [-0.39, 0.29) is 6.04 Å². The van der Waals surface area contributed by atoms with Crippen molar-refractivity contribution in [1.29, 1.82) is 0 Å². The molecule has 0 saturated heterocycles. The van der Waals surface area contributed by atoms with Crippen molar-refractivity contribution in [1.82, 2.24) is 0 Å². The fraction of sp³-hybridized carbons (Fsp3) is 0.529. The van der Waals surface area contributed by atoms with Crippen LogP contribution in [0.1, 0.15) is 39.5 Å². The third kappa shape index (κ3) is 4.71. The van der Waals surface area contributed by atoms with Crippen LogP contribution in [0.2, 0.25) is 0 Å². The first-order chi connectivity index (χ1) is 9.05. The van der Waals surface area contributed by atoms with Crippen LogP contribution in [-0.4, -0.2) is 12.6 Å². The van der Waals surface area contributed by atoms with Crippen LogP contribution in [0.15, 0.2) is 42.0 Å². The van der Waals surface area contributed by atoms with Crippen LogP contribution in [0.4, 0.5) is 0 Å². The molecule has 0 aliphatic heterocycles. The molecule has 0 saturated carbocycles. The van der Waals surface area contributed by atoms with Gasteiger partial charge in [-0.15, -0.1) is 0 Å². The van der Waals surface area contributed by atoms with E-state index in [0.29, 0.717) is 5.41 Å². The molecule has 1 atom stereocenters. The van der Waals surface area contributed by atoms with Crippen molar-refractivity contribution < 1.29 is 4.74 Å². The summed E-state index contributed by atoms with van der Waals surface area (Å²) < 4.78 is 5.72. The number of hydrogen-bond donors (Lipinski definition) is 1. The summed E-state index contributed by atoms with van der Waals surface area (Å²) in [5.74, 6) is 0.956. The Bertz CT molecular complexity index is 422. The van der Waals surface area contributed by atoms with Crippen molar-refractivity contribution in [2.24, 2.45) is 11.1 Å². The SMILES string of the molecule is CC1(C)CC(CCCOc2ccccc2)=CC(N)C1. The van der Waals surface area contributed by atoms with E-state index in [1.54, 1.807) is 0 Å². The number of ether oxygens (including phenoxy) is 1. The van der Waals surface area contributed by atoms with Crippen LogP contribution in [-0.2, 0) is 0 Å². The lowest BCUT2D eigenvalue weighted by molar-refractivity contribution is 0.285. The van der Waals surface area contributed by atoms with Gasteiger partial charge in [0.25, 0.3) is 0 Å². The normalized spacial score (nSPS) is 21.8. The molecule has 1 unspecified atom stereocenters. The molecule has 104 valence electrons. The number of para-hydroxylation sites is 1. The molecule has 2 nitrogen and oxygen atoms in total. The van der Waals surface area contributed by atoms with Gasteiger partial charge in [-0.25, -0.2) is 0 Å². The molecule has 0 bridgehead atoms. The van der Waals surface area contributed by atoms with Gasteiger partial charge in [0.15, 0.2) is 0 Å². The molecule has 0 amide bonds. The van der Waals surface area contributed by atoms with Crippen molar-refractivity contribution in [3.63, 3.8) is 0 Å². The molecule has 0 spiro atoms. The van der Waals surface area contributed by atoms with Crippen LogP contribution < -0.4 is 10.5 Å². The highest BCUT2D eigenvalue weighted by molar-refractivity contribution is 5.21. The minimum Gasteiger partial charge on any atom is -0.494 e. The minimum atomic E-state index is 0.230. The fourth-order valence-corrected chi connectivity index (χ4v) is 2.92.